The van der Waals surface area contributed by atoms with E-state index in [-0.39, 0.29) is 18.2 Å². The minimum Gasteiger partial charge on any atom is -0.375 e. The summed E-state index contributed by atoms with van der Waals surface area (Å²) in [5.74, 6) is 0. The minimum absolute atomic E-state index is 0.0663. The molecule has 0 saturated heterocycles. The zero-order valence-electron chi connectivity index (χ0n) is 23.0. The Kier molecular flexibility index (Phi) is 25.7. The van der Waals surface area contributed by atoms with E-state index in [1.165, 1.54) is 0 Å². The lowest BCUT2D eigenvalue weighted by Crippen LogP contribution is -2.37. The minimum atomic E-state index is -0.112. The van der Waals surface area contributed by atoms with Crippen LogP contribution >= 0.6 is 17.2 Å². The van der Waals surface area contributed by atoms with Crippen molar-refractivity contribution in [1.82, 2.24) is 0 Å². The van der Waals surface area contributed by atoms with Gasteiger partial charge in [0.05, 0.1) is 5.60 Å². The molecule has 2 unspecified atom stereocenters. The van der Waals surface area contributed by atoms with Gasteiger partial charge in [0.15, 0.2) is 12.6 Å². The summed E-state index contributed by atoms with van der Waals surface area (Å²) < 4.78 is 30.1. The monoisotopic (exact) mass is 525 g/mol. The second-order valence-electron chi connectivity index (χ2n) is 8.82. The molecule has 0 amide bonds. The second kappa shape index (κ2) is 25.3. The molecule has 0 aliphatic rings. The zero-order valence-corrected chi connectivity index (χ0v) is 25.0. The van der Waals surface area contributed by atoms with Crippen LogP contribution in [0.15, 0.2) is 0 Å². The Morgan fingerprint density at radius 1 is 0.588 bits per heavy atom. The molecule has 0 radical (unpaired) electrons. The summed E-state index contributed by atoms with van der Waals surface area (Å²) in [7, 11) is 1.62. The molecule has 0 heterocycles. The van der Waals surface area contributed by atoms with Gasteiger partial charge >= 0.3 is 0 Å². The van der Waals surface area contributed by atoms with E-state index in [0.29, 0.717) is 6.54 Å². The summed E-state index contributed by atoms with van der Waals surface area (Å²) in [4.78, 5) is 0. The van der Waals surface area contributed by atoms with Crippen LogP contribution in [0.1, 0.15) is 86.0 Å². The molecule has 206 valence electrons. The van der Waals surface area contributed by atoms with Crippen molar-refractivity contribution in [1.29, 1.82) is 0 Å². The van der Waals surface area contributed by atoms with Crippen molar-refractivity contribution in [3.63, 3.8) is 0 Å². The summed E-state index contributed by atoms with van der Waals surface area (Å²) in [6.07, 6.45) is 12.2. The molecule has 0 aromatic heterocycles. The number of ether oxygens (including phenoxy) is 5. The number of rotatable bonds is 27. The average Bonchev–Trinajstić information content (AvgIpc) is 2.85. The van der Waals surface area contributed by atoms with Gasteiger partial charge in [0, 0.05) is 45.4 Å². The molecule has 0 bridgehead atoms. The second-order valence-corrected chi connectivity index (χ2v) is 11.6. The summed E-state index contributed by atoms with van der Waals surface area (Å²) in [5.41, 5.74) is 5.94. The Balaban J connectivity index is 4.73. The highest BCUT2D eigenvalue weighted by molar-refractivity contribution is 7.38. The predicted molar refractivity (Wildman–Crippen MR) is 151 cm³/mol. The van der Waals surface area contributed by atoms with Crippen LogP contribution in [0.2, 0.25) is 0 Å². The van der Waals surface area contributed by atoms with Crippen molar-refractivity contribution in [2.75, 3.05) is 64.2 Å². The largest absolute Gasteiger partial charge is 0.375 e. The van der Waals surface area contributed by atoms with Gasteiger partial charge < -0.3 is 29.4 Å². The van der Waals surface area contributed by atoms with Crippen LogP contribution in [0.3, 0.4) is 0 Å². The fraction of sp³-hybridized carbons (Fsp3) is 1.00. The smallest absolute Gasteiger partial charge is 0.161 e. The van der Waals surface area contributed by atoms with Crippen LogP contribution in [-0.4, -0.2) is 82.4 Å². The van der Waals surface area contributed by atoms with Gasteiger partial charge in [0.2, 0.25) is 0 Å². The fourth-order valence-corrected chi connectivity index (χ4v) is 6.19. The third kappa shape index (κ3) is 18.8. The van der Waals surface area contributed by atoms with Gasteiger partial charge in [-0.3, -0.25) is 0 Å². The number of nitrogens with two attached hydrogens (primary N) is 1. The van der Waals surface area contributed by atoms with Crippen LogP contribution < -0.4 is 5.73 Å². The van der Waals surface area contributed by atoms with E-state index >= 15 is 0 Å². The lowest BCUT2D eigenvalue weighted by Gasteiger charge is -2.34. The summed E-state index contributed by atoms with van der Waals surface area (Å²) >= 11 is 0. The number of hydrogen-bond acceptors (Lipinski definition) is 6. The molecule has 0 aliphatic carbocycles. The molecule has 0 aliphatic heterocycles. The molecule has 6 nitrogen and oxygen atoms in total. The Hall–Kier alpha value is 0.620. The lowest BCUT2D eigenvalue weighted by molar-refractivity contribution is -0.127. The third-order valence-electron chi connectivity index (χ3n) is 5.38. The lowest BCUT2D eigenvalue weighted by atomic mass is 9.93. The molecule has 2 N–H and O–H groups in total. The number of hydrogen-bond donors (Lipinski definition) is 1. The summed E-state index contributed by atoms with van der Waals surface area (Å²) in [5, 5.41) is 0. The topological polar surface area (TPSA) is 72.2 Å². The summed E-state index contributed by atoms with van der Waals surface area (Å²) in [6.45, 7) is 15.3. The molecule has 8 heteroatoms. The van der Waals surface area contributed by atoms with Crippen molar-refractivity contribution < 1.29 is 23.7 Å². The fourth-order valence-electron chi connectivity index (χ4n) is 3.57. The SMILES string of the molecule is CCCOC(CPCCC(CCN)(CCPCC(OCCC)OCCC)OCCC)OCCC. The molecular formula is C26H57NO5P2. The Labute approximate surface area is 215 Å². The average molecular weight is 526 g/mol. The van der Waals surface area contributed by atoms with E-state index < -0.39 is 0 Å². The van der Waals surface area contributed by atoms with E-state index in [9.17, 15) is 0 Å². The highest BCUT2D eigenvalue weighted by atomic mass is 31.1. The van der Waals surface area contributed by atoms with Crippen molar-refractivity contribution in [2.45, 2.75) is 104 Å². The first-order valence-electron chi connectivity index (χ1n) is 13.8. The van der Waals surface area contributed by atoms with Gasteiger partial charge in [-0.15, -0.1) is 17.2 Å². The molecule has 0 aromatic carbocycles. The quantitative estimate of drug-likeness (QED) is 0.0806. The molecule has 0 saturated carbocycles. The van der Waals surface area contributed by atoms with Crippen LogP contribution in [0.5, 0.6) is 0 Å². The van der Waals surface area contributed by atoms with Crippen molar-refractivity contribution >= 4 is 17.2 Å². The van der Waals surface area contributed by atoms with Crippen LogP contribution in [0.4, 0.5) is 0 Å². The standard InChI is InChI=1S/C26H57NO5P2/c1-6-15-28-24(29-16-7-2)22-33-20-12-26(11-14-27,32-19-10-5)13-21-34-23-25(30-17-8-3)31-18-9-4/h24-25,33-34H,6-23,27H2,1-5H3. The Morgan fingerprint density at radius 3 is 1.29 bits per heavy atom. The van der Waals surface area contributed by atoms with E-state index in [1.54, 1.807) is 0 Å². The molecule has 0 fully saturated rings. The van der Waals surface area contributed by atoms with Gasteiger partial charge in [-0.05, 0) is 70.2 Å². The third-order valence-corrected chi connectivity index (χ3v) is 7.83. The van der Waals surface area contributed by atoms with Crippen molar-refractivity contribution in [3.8, 4) is 0 Å². The van der Waals surface area contributed by atoms with Gasteiger partial charge in [-0.2, -0.15) is 0 Å². The zero-order chi connectivity index (χ0) is 25.3. The summed E-state index contributed by atoms with van der Waals surface area (Å²) in [6, 6.07) is 0. The Bertz CT molecular complexity index is 377. The van der Waals surface area contributed by atoms with Gasteiger partial charge in [-0.1, -0.05) is 34.6 Å². The molecule has 0 rings (SSSR count). The highest BCUT2D eigenvalue weighted by Gasteiger charge is 2.29. The predicted octanol–water partition coefficient (Wildman–Crippen LogP) is 6.00. The van der Waals surface area contributed by atoms with Gasteiger partial charge in [0.25, 0.3) is 0 Å². The van der Waals surface area contributed by atoms with Gasteiger partial charge in [0.1, 0.15) is 0 Å². The van der Waals surface area contributed by atoms with Crippen LogP contribution in [-0.2, 0) is 23.7 Å². The van der Waals surface area contributed by atoms with Crippen LogP contribution in [0.25, 0.3) is 0 Å². The first kappa shape index (κ1) is 34.6. The van der Waals surface area contributed by atoms with E-state index in [2.05, 4.69) is 34.6 Å². The van der Waals surface area contributed by atoms with Crippen LogP contribution in [0, 0.1) is 0 Å². The first-order valence-corrected chi connectivity index (χ1v) is 16.7. The Morgan fingerprint density at radius 2 is 0.971 bits per heavy atom. The van der Waals surface area contributed by atoms with Crippen molar-refractivity contribution in [3.05, 3.63) is 0 Å². The maximum Gasteiger partial charge on any atom is 0.161 e. The maximum absolute atomic E-state index is 6.50. The molecule has 2 atom stereocenters. The first-order chi connectivity index (χ1) is 16.6. The maximum atomic E-state index is 6.50. The molecule has 0 aromatic rings. The molecular weight excluding hydrogens is 468 g/mol. The van der Waals surface area contributed by atoms with E-state index in [4.69, 9.17) is 29.4 Å². The highest BCUT2D eigenvalue weighted by Crippen LogP contribution is 2.32. The van der Waals surface area contributed by atoms with Gasteiger partial charge in [-0.25, -0.2) is 0 Å². The van der Waals surface area contributed by atoms with Crippen molar-refractivity contribution in [2.24, 2.45) is 5.73 Å². The van der Waals surface area contributed by atoms with E-state index in [0.717, 1.165) is 126 Å². The van der Waals surface area contributed by atoms with E-state index in [1.807, 2.05) is 0 Å². The normalized spacial score (nSPS) is 14.5. The molecule has 34 heavy (non-hydrogen) atoms. The molecule has 0 spiro atoms.